The van der Waals surface area contributed by atoms with E-state index in [4.69, 9.17) is 22.0 Å². The molecule has 196 valence electrons. The number of aliphatic imine (C=N–C) groups is 1. The van der Waals surface area contributed by atoms with E-state index in [1.165, 1.54) is 12.8 Å². The Labute approximate surface area is 242 Å². The summed E-state index contributed by atoms with van der Waals surface area (Å²) in [6, 6.07) is 25.5. The standard InChI is InChI=1S/C32H39NO.2ClH.Zr/c1-23-20-24(22-33-28-18-16-25(17-19-28)31(2,3)4)30(34)29(21-23)32(5,26-12-8-6-9-13-26)27-14-10-7-11-15-27;;;/h6-15,20-22,25,28,34H,16-19H2,1-5H3;2*1H;/q;;;+2/p-2. The minimum atomic E-state index is -0.826. The molecule has 0 heterocycles. The van der Waals surface area contributed by atoms with Gasteiger partial charge in [0.05, 0.1) is 0 Å². The fourth-order valence-corrected chi connectivity index (χ4v) is 5.58. The summed E-state index contributed by atoms with van der Waals surface area (Å²) < 4.78 is 0. The van der Waals surface area contributed by atoms with Crippen LogP contribution in [0.25, 0.3) is 0 Å². The van der Waals surface area contributed by atoms with Gasteiger partial charge in [-0.1, -0.05) is 87.5 Å². The van der Waals surface area contributed by atoms with E-state index in [0.717, 1.165) is 46.6 Å². The third-order valence-electron chi connectivity index (χ3n) is 7.87. The quantitative estimate of drug-likeness (QED) is 0.225. The Morgan fingerprint density at radius 1 is 0.838 bits per heavy atom. The maximum absolute atomic E-state index is 11.6. The molecule has 0 bridgehead atoms. The van der Waals surface area contributed by atoms with Crippen LogP contribution in [0, 0.1) is 18.3 Å². The summed E-state index contributed by atoms with van der Waals surface area (Å²) in [5, 5.41) is 11.6. The Kier molecular flexibility index (Phi) is 11.1. The Morgan fingerprint density at radius 3 is 1.78 bits per heavy atom. The Morgan fingerprint density at radius 2 is 1.32 bits per heavy atom. The molecule has 1 fully saturated rings. The summed E-state index contributed by atoms with van der Waals surface area (Å²) >= 11 is -0.826. The van der Waals surface area contributed by atoms with Crippen molar-refractivity contribution in [3.63, 3.8) is 0 Å². The number of benzene rings is 3. The SMILES string of the molecule is Cc1cc(C=NC2CCC(C(C)(C)C)CC2)c(O)c(C(C)(c2ccccc2)c2ccccc2)c1.[Cl][Zr][Cl]. The number of halogens is 2. The van der Waals surface area contributed by atoms with Crippen molar-refractivity contribution in [1.29, 1.82) is 0 Å². The van der Waals surface area contributed by atoms with Crippen LogP contribution in [0.5, 0.6) is 5.75 Å². The van der Waals surface area contributed by atoms with Crippen LogP contribution in [0.15, 0.2) is 77.8 Å². The fourth-order valence-electron chi connectivity index (χ4n) is 5.58. The summed E-state index contributed by atoms with van der Waals surface area (Å²) in [4.78, 5) is 4.96. The molecule has 0 aliphatic heterocycles. The van der Waals surface area contributed by atoms with Gasteiger partial charge in [-0.3, -0.25) is 4.99 Å². The van der Waals surface area contributed by atoms with E-state index in [1.807, 2.05) is 18.3 Å². The third kappa shape index (κ3) is 7.59. The number of hydrogen-bond donors (Lipinski definition) is 1. The van der Waals surface area contributed by atoms with Gasteiger partial charge >= 0.3 is 37.9 Å². The Bertz CT molecular complexity index is 1110. The van der Waals surface area contributed by atoms with Crippen LogP contribution < -0.4 is 0 Å². The molecule has 0 aromatic heterocycles. The molecule has 1 saturated carbocycles. The van der Waals surface area contributed by atoms with Crippen LogP contribution in [-0.4, -0.2) is 17.4 Å². The molecular formula is C32H39Cl2NOZr. The zero-order chi connectivity index (χ0) is 27.1. The zero-order valence-electron chi connectivity index (χ0n) is 22.6. The number of nitrogens with zero attached hydrogens (tertiary/aromatic N) is 1. The topological polar surface area (TPSA) is 32.6 Å². The third-order valence-corrected chi connectivity index (χ3v) is 7.87. The second kappa shape index (κ2) is 13.6. The van der Waals surface area contributed by atoms with Crippen LogP contribution in [0.3, 0.4) is 0 Å². The normalized spacial score (nSPS) is 18.2. The van der Waals surface area contributed by atoms with Crippen molar-refractivity contribution in [3.05, 3.63) is 101 Å². The molecule has 2 nitrogen and oxygen atoms in total. The van der Waals surface area contributed by atoms with Crippen molar-refractivity contribution in [2.24, 2.45) is 16.3 Å². The van der Waals surface area contributed by atoms with Crippen LogP contribution >= 0.6 is 17.0 Å². The van der Waals surface area contributed by atoms with Gasteiger partial charge in [-0.2, -0.15) is 0 Å². The van der Waals surface area contributed by atoms with E-state index in [0.29, 0.717) is 17.2 Å². The van der Waals surface area contributed by atoms with Crippen molar-refractivity contribution < 1.29 is 26.0 Å². The maximum atomic E-state index is 11.6. The summed E-state index contributed by atoms with van der Waals surface area (Å²) in [6.07, 6.45) is 6.64. The van der Waals surface area contributed by atoms with Crippen LogP contribution in [0.4, 0.5) is 0 Å². The van der Waals surface area contributed by atoms with Crippen LogP contribution in [0.1, 0.15) is 81.2 Å². The van der Waals surface area contributed by atoms with Gasteiger partial charge in [0.2, 0.25) is 0 Å². The van der Waals surface area contributed by atoms with Gasteiger partial charge in [-0.25, -0.2) is 0 Å². The molecule has 0 amide bonds. The predicted molar refractivity (Wildman–Crippen MR) is 156 cm³/mol. The van der Waals surface area contributed by atoms with Gasteiger partial charge in [0.15, 0.2) is 0 Å². The van der Waals surface area contributed by atoms with E-state index in [2.05, 4.69) is 95.3 Å². The molecular weight excluding hydrogens is 576 g/mol. The average Bonchev–Trinajstić information content (AvgIpc) is 2.89. The first-order valence-electron chi connectivity index (χ1n) is 13.1. The van der Waals surface area contributed by atoms with E-state index in [1.54, 1.807) is 0 Å². The molecule has 4 rings (SSSR count). The fraction of sp³-hybridized carbons (Fsp3) is 0.406. The first kappa shape index (κ1) is 30.1. The van der Waals surface area contributed by atoms with Gasteiger partial charge in [0, 0.05) is 28.8 Å². The minimum absolute atomic E-state index is 0.327. The first-order valence-corrected chi connectivity index (χ1v) is 19.4. The van der Waals surface area contributed by atoms with Gasteiger partial charge in [-0.15, -0.1) is 0 Å². The predicted octanol–water partition coefficient (Wildman–Crippen LogP) is 9.46. The van der Waals surface area contributed by atoms with Crippen LogP contribution in [-0.2, 0) is 26.3 Å². The molecule has 1 N–H and O–H groups in total. The van der Waals surface area contributed by atoms with Crippen molar-refractivity contribution >= 4 is 23.2 Å². The molecule has 0 spiro atoms. The zero-order valence-corrected chi connectivity index (χ0v) is 26.6. The average molecular weight is 616 g/mol. The molecule has 0 unspecified atom stereocenters. The second-order valence-corrected chi connectivity index (χ2v) is 15.1. The summed E-state index contributed by atoms with van der Waals surface area (Å²) in [5.74, 6) is 1.10. The molecule has 5 heteroatoms. The first-order chi connectivity index (χ1) is 17.6. The summed E-state index contributed by atoms with van der Waals surface area (Å²) in [7, 11) is 9.87. The number of phenols is 1. The molecule has 3 aromatic rings. The molecule has 37 heavy (non-hydrogen) atoms. The Hall–Kier alpha value is -1.41. The number of phenolic OH excluding ortho intramolecular Hbond substituents is 1. The Balaban J connectivity index is 0.00000121. The molecule has 0 saturated heterocycles. The second-order valence-electron chi connectivity index (χ2n) is 11.3. The molecule has 0 radical (unpaired) electrons. The summed E-state index contributed by atoms with van der Waals surface area (Å²) in [5.41, 5.74) is 5.07. The summed E-state index contributed by atoms with van der Waals surface area (Å²) in [6.45, 7) is 11.4. The number of hydrogen-bond acceptors (Lipinski definition) is 2. The van der Waals surface area contributed by atoms with Crippen molar-refractivity contribution in [1.82, 2.24) is 0 Å². The van der Waals surface area contributed by atoms with Crippen molar-refractivity contribution in [2.45, 2.75) is 71.8 Å². The molecule has 3 aromatic carbocycles. The van der Waals surface area contributed by atoms with E-state index in [9.17, 15) is 5.11 Å². The number of aromatic hydroxyl groups is 1. The van der Waals surface area contributed by atoms with Crippen molar-refractivity contribution in [3.8, 4) is 5.75 Å². The van der Waals surface area contributed by atoms with Gasteiger partial charge in [-0.05, 0) is 73.6 Å². The van der Waals surface area contributed by atoms with Crippen LogP contribution in [0.2, 0.25) is 0 Å². The van der Waals surface area contributed by atoms with Gasteiger partial charge in [0.1, 0.15) is 5.75 Å². The van der Waals surface area contributed by atoms with Gasteiger partial charge in [0.25, 0.3) is 0 Å². The molecule has 1 aliphatic carbocycles. The van der Waals surface area contributed by atoms with E-state index < -0.39 is 26.3 Å². The van der Waals surface area contributed by atoms with Crippen molar-refractivity contribution in [2.75, 3.05) is 0 Å². The van der Waals surface area contributed by atoms with Gasteiger partial charge < -0.3 is 5.11 Å². The number of aryl methyl sites for hydroxylation is 1. The molecule has 1 aliphatic rings. The molecule has 0 atom stereocenters. The van der Waals surface area contributed by atoms with E-state index >= 15 is 0 Å². The van der Waals surface area contributed by atoms with E-state index in [-0.39, 0.29) is 0 Å². The monoisotopic (exact) mass is 613 g/mol. The number of rotatable bonds is 5.